The number of carboxylic acid groups (broad SMARTS) is 1. The Morgan fingerprint density at radius 1 is 1.21 bits per heavy atom. The smallest absolute Gasteiger partial charge is 0.313 e. The lowest BCUT2D eigenvalue weighted by Gasteiger charge is -2.11. The van der Waals surface area contributed by atoms with E-state index in [1.54, 1.807) is 0 Å². The first-order chi connectivity index (χ1) is 11.6. The van der Waals surface area contributed by atoms with Crippen LogP contribution in [-0.4, -0.2) is 33.0 Å². The van der Waals surface area contributed by atoms with Crippen molar-refractivity contribution in [2.45, 2.75) is 18.6 Å². The first-order valence-corrected chi connectivity index (χ1v) is 8.62. The van der Waals surface area contributed by atoms with Crippen molar-refractivity contribution in [3.05, 3.63) is 54.1 Å². The summed E-state index contributed by atoms with van der Waals surface area (Å²) in [4.78, 5) is 15.4. The fourth-order valence-electron chi connectivity index (χ4n) is 2.47. The molecule has 0 saturated carbocycles. The second kappa shape index (κ2) is 7.40. The standard InChI is InChI=1S/C18H18N2O3S/c1-13-6-2-5-9-16(13)23-11-10-20-15-8-4-3-7-14(15)19-18(20)24-12-17(21)22/h2-9H,10-12H2,1H3,(H,21,22). The van der Waals surface area contributed by atoms with Crippen molar-refractivity contribution in [2.75, 3.05) is 12.4 Å². The van der Waals surface area contributed by atoms with Gasteiger partial charge in [-0.3, -0.25) is 4.79 Å². The van der Waals surface area contributed by atoms with Crippen LogP contribution in [0, 0.1) is 6.92 Å². The van der Waals surface area contributed by atoms with Gasteiger partial charge < -0.3 is 14.4 Å². The quantitative estimate of drug-likeness (QED) is 0.665. The predicted molar refractivity (Wildman–Crippen MR) is 94.8 cm³/mol. The number of aryl methyl sites for hydroxylation is 1. The number of rotatable bonds is 7. The molecule has 0 bridgehead atoms. The van der Waals surface area contributed by atoms with Gasteiger partial charge in [-0.1, -0.05) is 42.1 Å². The summed E-state index contributed by atoms with van der Waals surface area (Å²) in [5.74, 6) is -0.00135. The summed E-state index contributed by atoms with van der Waals surface area (Å²) in [5, 5.41) is 9.61. The molecule has 5 nitrogen and oxygen atoms in total. The van der Waals surface area contributed by atoms with Crippen LogP contribution in [-0.2, 0) is 11.3 Å². The Morgan fingerprint density at radius 3 is 2.75 bits per heavy atom. The van der Waals surface area contributed by atoms with Gasteiger partial charge in [0, 0.05) is 0 Å². The predicted octanol–water partition coefficient (Wildman–Crippen LogP) is 3.60. The molecule has 0 aliphatic rings. The van der Waals surface area contributed by atoms with Crippen LogP contribution in [0.15, 0.2) is 53.7 Å². The molecule has 3 aromatic rings. The number of nitrogens with zero attached hydrogens (tertiary/aromatic N) is 2. The Balaban J connectivity index is 1.78. The van der Waals surface area contributed by atoms with Crippen molar-refractivity contribution < 1.29 is 14.6 Å². The maximum Gasteiger partial charge on any atom is 0.313 e. The molecule has 0 amide bonds. The first-order valence-electron chi connectivity index (χ1n) is 7.63. The van der Waals surface area contributed by atoms with Gasteiger partial charge in [0.05, 0.1) is 23.3 Å². The number of aromatic nitrogens is 2. The molecule has 0 radical (unpaired) electrons. The average molecular weight is 342 g/mol. The lowest BCUT2D eigenvalue weighted by atomic mass is 10.2. The minimum atomic E-state index is -0.852. The van der Waals surface area contributed by atoms with Crippen LogP contribution in [0.25, 0.3) is 11.0 Å². The highest BCUT2D eigenvalue weighted by molar-refractivity contribution is 7.99. The number of para-hydroxylation sites is 3. The topological polar surface area (TPSA) is 64.3 Å². The summed E-state index contributed by atoms with van der Waals surface area (Å²) in [7, 11) is 0. The molecule has 6 heteroatoms. The normalized spacial score (nSPS) is 10.9. The number of ether oxygens (including phenoxy) is 1. The molecule has 2 aromatic carbocycles. The van der Waals surface area contributed by atoms with Crippen molar-refractivity contribution in [3.8, 4) is 5.75 Å². The van der Waals surface area contributed by atoms with E-state index >= 15 is 0 Å². The zero-order chi connectivity index (χ0) is 16.9. The van der Waals surface area contributed by atoms with E-state index in [1.165, 1.54) is 11.8 Å². The Morgan fingerprint density at radius 2 is 1.96 bits per heavy atom. The number of carbonyl (C=O) groups is 1. The van der Waals surface area contributed by atoms with Gasteiger partial charge in [0.15, 0.2) is 5.16 Å². The molecule has 0 aliphatic carbocycles. The highest BCUT2D eigenvalue weighted by atomic mass is 32.2. The second-order valence-corrected chi connectivity index (χ2v) is 6.27. The fourth-order valence-corrected chi connectivity index (χ4v) is 3.23. The number of aliphatic carboxylic acids is 1. The summed E-state index contributed by atoms with van der Waals surface area (Å²) in [6.45, 7) is 3.11. The fraction of sp³-hybridized carbons (Fsp3) is 0.222. The molecule has 0 aliphatic heterocycles. The van der Waals surface area contributed by atoms with Gasteiger partial charge in [-0.25, -0.2) is 4.98 Å². The molecule has 1 heterocycles. The van der Waals surface area contributed by atoms with Gasteiger partial charge in [-0.05, 0) is 30.7 Å². The van der Waals surface area contributed by atoms with Crippen LogP contribution in [0.1, 0.15) is 5.56 Å². The van der Waals surface area contributed by atoms with E-state index in [0.717, 1.165) is 22.3 Å². The number of fused-ring (bicyclic) bond motifs is 1. The van der Waals surface area contributed by atoms with Crippen molar-refractivity contribution in [2.24, 2.45) is 0 Å². The minimum absolute atomic E-state index is 0.0119. The Bertz CT molecular complexity index is 860. The van der Waals surface area contributed by atoms with Gasteiger partial charge in [0.2, 0.25) is 0 Å². The van der Waals surface area contributed by atoms with Crippen LogP contribution in [0.4, 0.5) is 0 Å². The van der Waals surface area contributed by atoms with E-state index in [-0.39, 0.29) is 5.75 Å². The van der Waals surface area contributed by atoms with Gasteiger partial charge in [-0.2, -0.15) is 0 Å². The summed E-state index contributed by atoms with van der Waals surface area (Å²) in [6, 6.07) is 15.7. The van der Waals surface area contributed by atoms with Crippen molar-refractivity contribution in [1.82, 2.24) is 9.55 Å². The lowest BCUT2D eigenvalue weighted by molar-refractivity contribution is -0.133. The van der Waals surface area contributed by atoms with E-state index in [1.807, 2.05) is 60.0 Å². The molecule has 0 unspecified atom stereocenters. The van der Waals surface area contributed by atoms with Crippen LogP contribution in [0.3, 0.4) is 0 Å². The SMILES string of the molecule is Cc1ccccc1OCCn1c(SCC(=O)O)nc2ccccc21. The molecule has 1 aromatic heterocycles. The van der Waals surface area contributed by atoms with E-state index in [9.17, 15) is 4.79 Å². The third kappa shape index (κ3) is 3.71. The summed E-state index contributed by atoms with van der Waals surface area (Å²) < 4.78 is 7.88. The molecular formula is C18H18N2O3S. The van der Waals surface area contributed by atoms with Crippen LogP contribution in [0.2, 0.25) is 0 Å². The number of hydrogen-bond acceptors (Lipinski definition) is 4. The number of benzene rings is 2. The molecule has 0 spiro atoms. The average Bonchev–Trinajstić information content (AvgIpc) is 2.93. The maximum absolute atomic E-state index is 10.9. The molecular weight excluding hydrogens is 324 g/mol. The van der Waals surface area contributed by atoms with Gasteiger partial charge in [0.1, 0.15) is 12.4 Å². The highest BCUT2D eigenvalue weighted by Gasteiger charge is 2.12. The van der Waals surface area contributed by atoms with Crippen LogP contribution < -0.4 is 4.74 Å². The lowest BCUT2D eigenvalue weighted by Crippen LogP contribution is -2.10. The van der Waals surface area contributed by atoms with E-state index < -0.39 is 5.97 Å². The molecule has 0 atom stereocenters. The largest absolute Gasteiger partial charge is 0.491 e. The number of carboxylic acids is 1. The van der Waals surface area contributed by atoms with Crippen LogP contribution in [0.5, 0.6) is 5.75 Å². The van der Waals surface area contributed by atoms with Crippen molar-refractivity contribution in [3.63, 3.8) is 0 Å². The Hall–Kier alpha value is -2.47. The summed E-state index contributed by atoms with van der Waals surface area (Å²) >= 11 is 1.23. The minimum Gasteiger partial charge on any atom is -0.491 e. The monoisotopic (exact) mass is 342 g/mol. The van der Waals surface area contributed by atoms with Crippen molar-refractivity contribution in [1.29, 1.82) is 0 Å². The third-order valence-corrected chi connectivity index (χ3v) is 4.57. The maximum atomic E-state index is 10.9. The molecule has 0 saturated heterocycles. The Kier molecular flexibility index (Phi) is 5.05. The second-order valence-electron chi connectivity index (χ2n) is 5.33. The summed E-state index contributed by atoms with van der Waals surface area (Å²) in [6.07, 6.45) is 0. The van der Waals surface area contributed by atoms with E-state index in [4.69, 9.17) is 9.84 Å². The van der Waals surface area contributed by atoms with Crippen molar-refractivity contribution >= 4 is 28.8 Å². The zero-order valence-corrected chi connectivity index (χ0v) is 14.1. The van der Waals surface area contributed by atoms with Gasteiger partial charge >= 0.3 is 5.97 Å². The van der Waals surface area contributed by atoms with E-state index in [2.05, 4.69) is 4.98 Å². The van der Waals surface area contributed by atoms with Crippen LogP contribution >= 0.6 is 11.8 Å². The summed E-state index contributed by atoms with van der Waals surface area (Å²) in [5.41, 5.74) is 2.94. The Labute approximate surface area is 144 Å². The van der Waals surface area contributed by atoms with Gasteiger partial charge in [-0.15, -0.1) is 0 Å². The highest BCUT2D eigenvalue weighted by Crippen LogP contribution is 2.24. The van der Waals surface area contributed by atoms with Gasteiger partial charge in [0.25, 0.3) is 0 Å². The molecule has 124 valence electrons. The van der Waals surface area contributed by atoms with E-state index in [0.29, 0.717) is 18.3 Å². The molecule has 1 N–H and O–H groups in total. The number of thioether (sulfide) groups is 1. The molecule has 0 fully saturated rings. The first kappa shape index (κ1) is 16.4. The molecule has 24 heavy (non-hydrogen) atoms. The third-order valence-electron chi connectivity index (χ3n) is 3.61. The number of hydrogen-bond donors (Lipinski definition) is 1. The number of imidazole rings is 1. The zero-order valence-electron chi connectivity index (χ0n) is 13.3. The molecule has 3 rings (SSSR count).